The Morgan fingerprint density at radius 1 is 1.05 bits per heavy atom. The molecule has 0 unspecified atom stereocenters. The standard InChI is InChI=1S/C19H32O2Si/c1-19(2,3)22(5,6)21-16-10-8-7-9-11-17-12-14-18(20-4)15-13-17/h9,11-15H,7-8,10,16H2,1-6H3/b11-9-. The van der Waals surface area contributed by atoms with Gasteiger partial charge in [-0.2, -0.15) is 0 Å². The van der Waals surface area contributed by atoms with Gasteiger partial charge in [0.05, 0.1) is 7.11 Å². The summed E-state index contributed by atoms with van der Waals surface area (Å²) in [6.07, 6.45) is 7.84. The van der Waals surface area contributed by atoms with Crippen LogP contribution >= 0.6 is 0 Å². The van der Waals surface area contributed by atoms with Gasteiger partial charge in [-0.05, 0) is 55.1 Å². The number of allylic oxidation sites excluding steroid dienone is 1. The van der Waals surface area contributed by atoms with Gasteiger partial charge in [0.15, 0.2) is 8.32 Å². The van der Waals surface area contributed by atoms with Crippen LogP contribution in [0.15, 0.2) is 30.3 Å². The van der Waals surface area contributed by atoms with E-state index < -0.39 is 8.32 Å². The van der Waals surface area contributed by atoms with Crippen LogP contribution in [0, 0.1) is 0 Å². The van der Waals surface area contributed by atoms with Crippen molar-refractivity contribution in [3.05, 3.63) is 35.9 Å². The van der Waals surface area contributed by atoms with E-state index in [4.69, 9.17) is 9.16 Å². The van der Waals surface area contributed by atoms with Gasteiger partial charge in [0.1, 0.15) is 5.75 Å². The second-order valence-electron chi connectivity index (χ2n) is 7.28. The molecule has 0 saturated carbocycles. The quantitative estimate of drug-likeness (QED) is 0.438. The van der Waals surface area contributed by atoms with Crippen molar-refractivity contribution in [2.24, 2.45) is 0 Å². The first-order valence-electron chi connectivity index (χ1n) is 8.21. The molecular formula is C19H32O2Si. The van der Waals surface area contributed by atoms with Crippen molar-refractivity contribution in [1.29, 1.82) is 0 Å². The minimum Gasteiger partial charge on any atom is -0.497 e. The summed E-state index contributed by atoms with van der Waals surface area (Å²) in [5, 5.41) is 0.307. The number of rotatable bonds is 8. The van der Waals surface area contributed by atoms with E-state index in [0.717, 1.165) is 25.2 Å². The molecule has 1 aromatic carbocycles. The number of hydrogen-bond acceptors (Lipinski definition) is 2. The Morgan fingerprint density at radius 3 is 2.23 bits per heavy atom. The van der Waals surface area contributed by atoms with Crippen molar-refractivity contribution >= 4 is 14.4 Å². The molecule has 0 aliphatic rings. The Balaban J connectivity index is 2.21. The van der Waals surface area contributed by atoms with Gasteiger partial charge < -0.3 is 9.16 Å². The van der Waals surface area contributed by atoms with Crippen LogP contribution in [-0.4, -0.2) is 22.0 Å². The van der Waals surface area contributed by atoms with Crippen LogP contribution in [0.25, 0.3) is 6.08 Å². The zero-order valence-corrected chi connectivity index (χ0v) is 16.1. The van der Waals surface area contributed by atoms with Crippen LogP contribution in [0.2, 0.25) is 18.1 Å². The van der Waals surface area contributed by atoms with E-state index in [1.807, 2.05) is 12.1 Å². The monoisotopic (exact) mass is 320 g/mol. The maximum absolute atomic E-state index is 6.19. The molecule has 0 bridgehead atoms. The van der Waals surface area contributed by atoms with Gasteiger partial charge in [-0.1, -0.05) is 45.1 Å². The number of methoxy groups -OCH3 is 1. The van der Waals surface area contributed by atoms with E-state index in [2.05, 4.69) is 58.2 Å². The summed E-state index contributed by atoms with van der Waals surface area (Å²) in [6, 6.07) is 8.14. The van der Waals surface area contributed by atoms with E-state index in [1.165, 1.54) is 12.0 Å². The third-order valence-electron chi connectivity index (χ3n) is 4.46. The van der Waals surface area contributed by atoms with E-state index in [9.17, 15) is 0 Å². The van der Waals surface area contributed by atoms with Crippen molar-refractivity contribution in [1.82, 2.24) is 0 Å². The topological polar surface area (TPSA) is 18.5 Å². The number of benzene rings is 1. The molecule has 0 aliphatic carbocycles. The molecule has 22 heavy (non-hydrogen) atoms. The van der Waals surface area contributed by atoms with Crippen LogP contribution in [0.1, 0.15) is 45.6 Å². The second kappa shape index (κ2) is 8.54. The zero-order chi connectivity index (χ0) is 16.6. The van der Waals surface area contributed by atoms with Gasteiger partial charge in [0, 0.05) is 6.61 Å². The number of ether oxygens (including phenoxy) is 1. The molecule has 0 amide bonds. The summed E-state index contributed by atoms with van der Waals surface area (Å²) < 4.78 is 11.3. The minimum absolute atomic E-state index is 0.307. The molecule has 3 heteroatoms. The smallest absolute Gasteiger partial charge is 0.191 e. The second-order valence-corrected chi connectivity index (χ2v) is 12.1. The first kappa shape index (κ1) is 19.0. The normalized spacial score (nSPS) is 12.8. The average molecular weight is 321 g/mol. The maximum atomic E-state index is 6.19. The van der Waals surface area contributed by atoms with E-state index >= 15 is 0 Å². The predicted octanol–water partition coefficient (Wildman–Crippen LogP) is 5.90. The molecule has 0 spiro atoms. The highest BCUT2D eigenvalue weighted by molar-refractivity contribution is 6.74. The summed E-state index contributed by atoms with van der Waals surface area (Å²) in [5.41, 5.74) is 1.22. The zero-order valence-electron chi connectivity index (χ0n) is 15.1. The van der Waals surface area contributed by atoms with Gasteiger partial charge in [-0.15, -0.1) is 0 Å². The van der Waals surface area contributed by atoms with Crippen molar-refractivity contribution in [2.45, 2.75) is 58.2 Å². The fraction of sp³-hybridized carbons (Fsp3) is 0.579. The SMILES string of the molecule is COc1ccc(/C=C\CCCCO[Si](C)(C)C(C)(C)C)cc1. The lowest BCUT2D eigenvalue weighted by atomic mass is 10.1. The lowest BCUT2D eigenvalue weighted by molar-refractivity contribution is 0.279. The van der Waals surface area contributed by atoms with Crippen LogP contribution in [0.4, 0.5) is 0 Å². The van der Waals surface area contributed by atoms with Crippen LogP contribution in [-0.2, 0) is 4.43 Å². The lowest BCUT2D eigenvalue weighted by Crippen LogP contribution is -2.40. The third kappa shape index (κ3) is 6.37. The van der Waals surface area contributed by atoms with Crippen LogP contribution in [0.5, 0.6) is 5.75 Å². The Labute approximate surface area is 137 Å². The molecule has 0 fully saturated rings. The van der Waals surface area contributed by atoms with Gasteiger partial charge in [0.25, 0.3) is 0 Å². The molecule has 0 atom stereocenters. The predicted molar refractivity (Wildman–Crippen MR) is 99.0 cm³/mol. The van der Waals surface area contributed by atoms with Gasteiger partial charge in [-0.3, -0.25) is 0 Å². The highest BCUT2D eigenvalue weighted by atomic mass is 28.4. The number of unbranched alkanes of at least 4 members (excludes halogenated alkanes) is 2. The largest absolute Gasteiger partial charge is 0.497 e. The maximum Gasteiger partial charge on any atom is 0.191 e. The molecule has 0 aliphatic heterocycles. The Morgan fingerprint density at radius 2 is 1.68 bits per heavy atom. The fourth-order valence-electron chi connectivity index (χ4n) is 1.84. The summed E-state index contributed by atoms with van der Waals surface area (Å²) in [5.74, 6) is 0.903. The molecule has 0 aromatic heterocycles. The van der Waals surface area contributed by atoms with Gasteiger partial charge >= 0.3 is 0 Å². The molecule has 124 valence electrons. The van der Waals surface area contributed by atoms with Crippen molar-refractivity contribution in [2.75, 3.05) is 13.7 Å². The third-order valence-corrected chi connectivity index (χ3v) is 9.00. The summed E-state index contributed by atoms with van der Waals surface area (Å²) in [6.45, 7) is 12.4. The van der Waals surface area contributed by atoms with E-state index in [-0.39, 0.29) is 0 Å². The number of hydrogen-bond donors (Lipinski definition) is 0. The molecule has 0 heterocycles. The first-order valence-corrected chi connectivity index (χ1v) is 11.1. The lowest BCUT2D eigenvalue weighted by Gasteiger charge is -2.36. The highest BCUT2D eigenvalue weighted by Crippen LogP contribution is 2.36. The highest BCUT2D eigenvalue weighted by Gasteiger charge is 2.36. The Bertz CT molecular complexity index is 455. The molecule has 1 rings (SSSR count). The van der Waals surface area contributed by atoms with Crippen molar-refractivity contribution in [3.8, 4) is 5.75 Å². The van der Waals surface area contributed by atoms with Crippen LogP contribution < -0.4 is 4.74 Å². The van der Waals surface area contributed by atoms with Crippen molar-refractivity contribution < 1.29 is 9.16 Å². The van der Waals surface area contributed by atoms with Gasteiger partial charge in [-0.25, -0.2) is 0 Å². The average Bonchev–Trinajstić information content (AvgIpc) is 2.45. The molecule has 0 saturated heterocycles. The summed E-state index contributed by atoms with van der Waals surface area (Å²) in [7, 11) is 0.126. The molecule has 0 radical (unpaired) electrons. The molecular weight excluding hydrogens is 288 g/mol. The summed E-state index contributed by atoms with van der Waals surface area (Å²) in [4.78, 5) is 0. The van der Waals surface area contributed by atoms with Crippen molar-refractivity contribution in [3.63, 3.8) is 0 Å². The van der Waals surface area contributed by atoms with E-state index in [0.29, 0.717) is 5.04 Å². The molecule has 2 nitrogen and oxygen atoms in total. The minimum atomic E-state index is -1.56. The first-order chi connectivity index (χ1) is 10.3. The van der Waals surface area contributed by atoms with E-state index in [1.54, 1.807) is 7.11 Å². The van der Waals surface area contributed by atoms with Gasteiger partial charge in [0.2, 0.25) is 0 Å². The summed E-state index contributed by atoms with van der Waals surface area (Å²) >= 11 is 0. The molecule has 1 aromatic rings. The fourth-order valence-corrected chi connectivity index (χ4v) is 2.93. The molecule has 0 N–H and O–H groups in total. The Hall–Kier alpha value is -1.06. The Kier molecular flexibility index (Phi) is 7.37. The van der Waals surface area contributed by atoms with Crippen LogP contribution in [0.3, 0.4) is 0 Å².